The van der Waals surface area contributed by atoms with Crippen molar-refractivity contribution in [3.05, 3.63) is 53.3 Å². The van der Waals surface area contributed by atoms with Crippen molar-refractivity contribution in [2.45, 2.75) is 13.0 Å². The summed E-state index contributed by atoms with van der Waals surface area (Å²) in [6, 6.07) is 7.41. The number of likely N-dealkylation sites (N-methyl/N-ethyl adjacent to an activating group) is 1. The van der Waals surface area contributed by atoms with Crippen LogP contribution >= 0.6 is 12.2 Å². The van der Waals surface area contributed by atoms with Crippen molar-refractivity contribution in [2.75, 3.05) is 7.05 Å². The Morgan fingerprint density at radius 3 is 2.60 bits per heavy atom. The molecule has 0 unspecified atom stereocenters. The number of amides is 1. The maximum atomic E-state index is 12.1. The average Bonchev–Trinajstić information content (AvgIpc) is 2.92. The van der Waals surface area contributed by atoms with Crippen molar-refractivity contribution in [1.29, 1.82) is 0 Å². The van der Waals surface area contributed by atoms with Crippen molar-refractivity contribution in [3.8, 4) is 0 Å². The quantitative estimate of drug-likeness (QED) is 0.812. The summed E-state index contributed by atoms with van der Waals surface area (Å²) in [5.74, 6) is 0.0503. The van der Waals surface area contributed by atoms with Gasteiger partial charge >= 0.3 is 0 Å². The minimum absolute atomic E-state index is 0.0503. The van der Waals surface area contributed by atoms with Crippen LogP contribution in [0.1, 0.15) is 16.7 Å². The highest BCUT2D eigenvalue weighted by molar-refractivity contribution is 7.80. The van der Waals surface area contributed by atoms with Crippen molar-refractivity contribution in [3.63, 3.8) is 0 Å². The Balaban J connectivity index is 1.95. The molecule has 1 aromatic heterocycles. The molecule has 20 heavy (non-hydrogen) atoms. The molecule has 0 saturated carbocycles. The molecule has 2 rings (SSSR count). The number of nitrogens with two attached hydrogens (primary N) is 1. The van der Waals surface area contributed by atoms with E-state index in [0.717, 1.165) is 16.7 Å². The lowest BCUT2D eigenvalue weighted by atomic mass is 10.1. The molecule has 0 saturated heterocycles. The Morgan fingerprint density at radius 2 is 2.05 bits per heavy atom. The molecule has 5 nitrogen and oxygen atoms in total. The summed E-state index contributed by atoms with van der Waals surface area (Å²) in [6.07, 6.45) is 3.84. The van der Waals surface area contributed by atoms with E-state index in [0.29, 0.717) is 18.0 Å². The van der Waals surface area contributed by atoms with Gasteiger partial charge in [-0.05, 0) is 5.56 Å². The van der Waals surface area contributed by atoms with Crippen LogP contribution in [0.15, 0.2) is 36.7 Å². The Kier molecular flexibility index (Phi) is 4.47. The molecule has 0 atom stereocenters. The SMILES string of the molecule is CN(Cc1cn[nH]c1)C(=O)Cc1ccc(C(N)=S)cc1. The van der Waals surface area contributed by atoms with E-state index in [-0.39, 0.29) is 5.91 Å². The number of carbonyl (C=O) groups is 1. The molecule has 0 spiro atoms. The Morgan fingerprint density at radius 1 is 1.35 bits per heavy atom. The van der Waals surface area contributed by atoms with Gasteiger partial charge in [-0.1, -0.05) is 36.5 Å². The van der Waals surface area contributed by atoms with Gasteiger partial charge in [0.05, 0.1) is 12.6 Å². The number of rotatable bonds is 5. The van der Waals surface area contributed by atoms with Crippen LogP contribution < -0.4 is 5.73 Å². The van der Waals surface area contributed by atoms with E-state index in [1.807, 2.05) is 24.3 Å². The van der Waals surface area contributed by atoms with Crippen molar-refractivity contribution in [1.82, 2.24) is 15.1 Å². The predicted octanol–water partition coefficient (Wildman–Crippen LogP) is 1.25. The fourth-order valence-corrected chi connectivity index (χ4v) is 1.96. The third-order valence-electron chi connectivity index (χ3n) is 2.99. The van der Waals surface area contributed by atoms with Gasteiger partial charge in [0.2, 0.25) is 5.91 Å². The van der Waals surface area contributed by atoms with E-state index in [9.17, 15) is 4.79 Å². The number of aromatic nitrogens is 2. The number of aromatic amines is 1. The van der Waals surface area contributed by atoms with E-state index in [1.54, 1.807) is 24.3 Å². The smallest absolute Gasteiger partial charge is 0.227 e. The van der Waals surface area contributed by atoms with Gasteiger partial charge in [0.15, 0.2) is 0 Å². The molecule has 2 aromatic rings. The maximum absolute atomic E-state index is 12.1. The Bertz CT molecular complexity index is 592. The number of hydrogen-bond donors (Lipinski definition) is 2. The molecule has 0 aliphatic heterocycles. The average molecular weight is 288 g/mol. The molecule has 0 radical (unpaired) electrons. The van der Waals surface area contributed by atoms with E-state index in [4.69, 9.17) is 18.0 Å². The number of benzene rings is 1. The molecule has 0 bridgehead atoms. The third-order valence-corrected chi connectivity index (χ3v) is 3.23. The van der Waals surface area contributed by atoms with Crippen LogP contribution in [0.4, 0.5) is 0 Å². The van der Waals surface area contributed by atoms with E-state index in [1.165, 1.54) is 0 Å². The highest BCUT2D eigenvalue weighted by Crippen LogP contribution is 2.08. The second-order valence-electron chi connectivity index (χ2n) is 4.59. The Hall–Kier alpha value is -2.21. The predicted molar refractivity (Wildman–Crippen MR) is 81.1 cm³/mol. The summed E-state index contributed by atoms with van der Waals surface area (Å²) in [4.78, 5) is 14.1. The molecule has 0 aliphatic rings. The molecule has 1 aromatic carbocycles. The molecular weight excluding hydrogens is 272 g/mol. The van der Waals surface area contributed by atoms with Crippen LogP contribution in [0.2, 0.25) is 0 Å². The first-order chi connectivity index (χ1) is 9.56. The summed E-state index contributed by atoms with van der Waals surface area (Å²) < 4.78 is 0. The van der Waals surface area contributed by atoms with Crippen LogP contribution in [-0.4, -0.2) is 33.0 Å². The van der Waals surface area contributed by atoms with E-state index >= 15 is 0 Å². The number of nitrogens with zero attached hydrogens (tertiary/aromatic N) is 2. The lowest BCUT2D eigenvalue weighted by molar-refractivity contribution is -0.129. The first kappa shape index (κ1) is 14.2. The van der Waals surface area contributed by atoms with Gasteiger partial charge in [-0.15, -0.1) is 0 Å². The summed E-state index contributed by atoms with van der Waals surface area (Å²) in [5.41, 5.74) is 8.26. The zero-order valence-electron chi connectivity index (χ0n) is 11.2. The fraction of sp³-hybridized carbons (Fsp3) is 0.214. The summed E-state index contributed by atoms with van der Waals surface area (Å²) in [7, 11) is 1.78. The molecule has 0 aliphatic carbocycles. The largest absolute Gasteiger partial charge is 0.389 e. The molecule has 1 heterocycles. The summed E-state index contributed by atoms with van der Waals surface area (Å²) in [6.45, 7) is 0.542. The molecule has 3 N–H and O–H groups in total. The minimum Gasteiger partial charge on any atom is -0.389 e. The summed E-state index contributed by atoms with van der Waals surface area (Å²) in [5, 5.41) is 6.59. The fourth-order valence-electron chi connectivity index (χ4n) is 1.82. The van der Waals surface area contributed by atoms with Crippen LogP contribution in [0.3, 0.4) is 0 Å². The van der Waals surface area contributed by atoms with Crippen LogP contribution in [0, 0.1) is 0 Å². The first-order valence-electron chi connectivity index (χ1n) is 6.16. The van der Waals surface area contributed by atoms with Crippen molar-refractivity contribution >= 4 is 23.1 Å². The van der Waals surface area contributed by atoms with Gasteiger partial charge in [0.25, 0.3) is 0 Å². The number of carbonyl (C=O) groups excluding carboxylic acids is 1. The molecule has 104 valence electrons. The number of thiocarbonyl (C=S) groups is 1. The Labute approximate surface area is 122 Å². The second-order valence-corrected chi connectivity index (χ2v) is 5.03. The highest BCUT2D eigenvalue weighted by atomic mass is 32.1. The highest BCUT2D eigenvalue weighted by Gasteiger charge is 2.10. The zero-order valence-corrected chi connectivity index (χ0v) is 12.0. The normalized spacial score (nSPS) is 10.2. The minimum atomic E-state index is 0.0503. The van der Waals surface area contributed by atoms with Gasteiger partial charge < -0.3 is 10.6 Å². The number of H-pyrrole nitrogens is 1. The summed E-state index contributed by atoms with van der Waals surface area (Å²) >= 11 is 4.89. The molecule has 0 fully saturated rings. The van der Waals surface area contributed by atoms with Gasteiger partial charge in [0.1, 0.15) is 4.99 Å². The van der Waals surface area contributed by atoms with E-state index in [2.05, 4.69) is 10.2 Å². The van der Waals surface area contributed by atoms with Gasteiger partial charge in [0, 0.05) is 30.9 Å². The molecular formula is C14H16N4OS. The third kappa shape index (κ3) is 3.64. The van der Waals surface area contributed by atoms with Crippen molar-refractivity contribution < 1.29 is 4.79 Å². The van der Waals surface area contributed by atoms with Gasteiger partial charge in [-0.3, -0.25) is 9.89 Å². The maximum Gasteiger partial charge on any atom is 0.227 e. The first-order valence-corrected chi connectivity index (χ1v) is 6.57. The van der Waals surface area contributed by atoms with Gasteiger partial charge in [-0.2, -0.15) is 5.10 Å². The number of hydrogen-bond acceptors (Lipinski definition) is 3. The van der Waals surface area contributed by atoms with Crippen LogP contribution in [0.25, 0.3) is 0 Å². The second kappa shape index (κ2) is 6.29. The van der Waals surface area contributed by atoms with Gasteiger partial charge in [-0.25, -0.2) is 0 Å². The molecule has 1 amide bonds. The lowest BCUT2D eigenvalue weighted by Crippen LogP contribution is -2.27. The van der Waals surface area contributed by atoms with Crippen molar-refractivity contribution in [2.24, 2.45) is 5.73 Å². The molecule has 6 heteroatoms. The lowest BCUT2D eigenvalue weighted by Gasteiger charge is -2.16. The van der Waals surface area contributed by atoms with Crippen LogP contribution in [0.5, 0.6) is 0 Å². The monoisotopic (exact) mass is 288 g/mol. The zero-order chi connectivity index (χ0) is 14.5. The van der Waals surface area contributed by atoms with E-state index < -0.39 is 0 Å². The van der Waals surface area contributed by atoms with Crippen LogP contribution in [-0.2, 0) is 17.8 Å². The standard InChI is InChI=1S/C14H16N4OS/c1-18(9-11-7-16-17-8-11)13(19)6-10-2-4-12(5-3-10)14(15)20/h2-5,7-8H,6,9H2,1H3,(H2,15,20)(H,16,17). The number of nitrogens with one attached hydrogen (secondary N) is 1. The topological polar surface area (TPSA) is 75.0 Å².